The van der Waals surface area contributed by atoms with Crippen LogP contribution in [-0.2, 0) is 17.8 Å². The predicted octanol–water partition coefficient (Wildman–Crippen LogP) is 3.00. The topological polar surface area (TPSA) is 68.3 Å². The fourth-order valence-electron chi connectivity index (χ4n) is 2.55. The van der Waals surface area contributed by atoms with Crippen LogP contribution in [0.5, 0.6) is 0 Å². The number of hydrogen-bond acceptors (Lipinski definition) is 3. The molecule has 5 nitrogen and oxygen atoms in total. The fourth-order valence-corrected chi connectivity index (χ4v) is 2.55. The molecule has 0 bridgehead atoms. The van der Waals surface area contributed by atoms with E-state index in [0.29, 0.717) is 13.0 Å². The molecule has 0 aliphatic heterocycles. The van der Waals surface area contributed by atoms with Crippen LogP contribution in [0.3, 0.4) is 0 Å². The van der Waals surface area contributed by atoms with E-state index in [1.165, 1.54) is 0 Å². The Kier molecular flexibility index (Phi) is 3.48. The van der Waals surface area contributed by atoms with E-state index in [4.69, 9.17) is 9.63 Å². The van der Waals surface area contributed by atoms with Gasteiger partial charge in [0, 0.05) is 29.6 Å². The van der Waals surface area contributed by atoms with Crippen LogP contribution in [0.25, 0.3) is 10.9 Å². The van der Waals surface area contributed by atoms with Crippen LogP contribution in [0, 0.1) is 6.92 Å². The summed E-state index contributed by atoms with van der Waals surface area (Å²) >= 11 is 0. The van der Waals surface area contributed by atoms with Crippen LogP contribution in [0.15, 0.2) is 41.1 Å². The molecule has 0 unspecified atom stereocenters. The first-order chi connectivity index (χ1) is 10.1. The van der Waals surface area contributed by atoms with Crippen LogP contribution in [0.2, 0.25) is 0 Å². The van der Waals surface area contributed by atoms with E-state index in [0.717, 1.165) is 27.9 Å². The standard InChI is InChI=1S/C16H16N2O3/c1-11-8-13(21-17-11)10-18-9-12(6-7-16(19)20)14-4-2-3-5-15(14)18/h2-5,8-9H,6-7,10H2,1H3,(H,19,20). The third-order valence-electron chi connectivity index (χ3n) is 3.48. The number of aryl methyl sites for hydroxylation is 2. The second-order valence-corrected chi connectivity index (χ2v) is 5.13. The molecule has 1 aromatic carbocycles. The third kappa shape index (κ3) is 2.81. The summed E-state index contributed by atoms with van der Waals surface area (Å²) in [5.41, 5.74) is 2.98. The number of benzene rings is 1. The Labute approximate surface area is 121 Å². The zero-order valence-corrected chi connectivity index (χ0v) is 11.7. The van der Waals surface area contributed by atoms with Gasteiger partial charge in [-0.3, -0.25) is 4.79 Å². The number of carbonyl (C=O) groups is 1. The lowest BCUT2D eigenvalue weighted by atomic mass is 10.1. The van der Waals surface area contributed by atoms with Crippen molar-refractivity contribution in [1.29, 1.82) is 0 Å². The highest BCUT2D eigenvalue weighted by atomic mass is 16.5. The molecule has 2 aromatic heterocycles. The Morgan fingerprint density at radius 3 is 2.90 bits per heavy atom. The number of fused-ring (bicyclic) bond motifs is 1. The van der Waals surface area contributed by atoms with Crippen molar-refractivity contribution < 1.29 is 14.4 Å². The van der Waals surface area contributed by atoms with Crippen molar-refractivity contribution in [2.45, 2.75) is 26.3 Å². The number of rotatable bonds is 5. The van der Waals surface area contributed by atoms with E-state index in [9.17, 15) is 4.79 Å². The summed E-state index contributed by atoms with van der Waals surface area (Å²) in [6.45, 7) is 2.48. The van der Waals surface area contributed by atoms with Gasteiger partial charge in [-0.15, -0.1) is 0 Å². The van der Waals surface area contributed by atoms with Gasteiger partial charge in [0.05, 0.1) is 12.2 Å². The second-order valence-electron chi connectivity index (χ2n) is 5.13. The van der Waals surface area contributed by atoms with Crippen LogP contribution in [0.1, 0.15) is 23.4 Å². The highest BCUT2D eigenvalue weighted by molar-refractivity contribution is 5.84. The molecule has 0 spiro atoms. The molecule has 0 atom stereocenters. The Hall–Kier alpha value is -2.56. The number of aliphatic carboxylic acids is 1. The molecule has 0 fully saturated rings. The van der Waals surface area contributed by atoms with Gasteiger partial charge in [-0.1, -0.05) is 23.4 Å². The zero-order chi connectivity index (χ0) is 14.8. The van der Waals surface area contributed by atoms with Crippen molar-refractivity contribution in [3.63, 3.8) is 0 Å². The van der Waals surface area contributed by atoms with Crippen molar-refractivity contribution in [3.05, 3.63) is 53.5 Å². The first-order valence-electron chi connectivity index (χ1n) is 6.84. The SMILES string of the molecule is Cc1cc(Cn2cc(CCC(=O)O)c3ccccc32)on1. The maximum absolute atomic E-state index is 10.8. The number of carboxylic acid groups (broad SMARTS) is 1. The summed E-state index contributed by atoms with van der Waals surface area (Å²) in [6.07, 6.45) is 2.67. The summed E-state index contributed by atoms with van der Waals surface area (Å²) in [6, 6.07) is 9.91. The number of nitrogens with zero attached hydrogens (tertiary/aromatic N) is 2. The second kappa shape index (κ2) is 5.44. The van der Waals surface area contributed by atoms with Crippen molar-refractivity contribution in [2.24, 2.45) is 0 Å². The maximum atomic E-state index is 10.8. The largest absolute Gasteiger partial charge is 0.481 e. The van der Waals surface area contributed by atoms with Crippen molar-refractivity contribution in [2.75, 3.05) is 0 Å². The molecule has 0 aliphatic rings. The van der Waals surface area contributed by atoms with Crippen LogP contribution >= 0.6 is 0 Å². The van der Waals surface area contributed by atoms with E-state index in [1.54, 1.807) is 0 Å². The highest BCUT2D eigenvalue weighted by Gasteiger charge is 2.11. The van der Waals surface area contributed by atoms with Crippen molar-refractivity contribution in [3.8, 4) is 0 Å². The van der Waals surface area contributed by atoms with E-state index < -0.39 is 5.97 Å². The van der Waals surface area contributed by atoms with Gasteiger partial charge < -0.3 is 14.2 Å². The van der Waals surface area contributed by atoms with Gasteiger partial charge in [0.1, 0.15) is 0 Å². The molecule has 21 heavy (non-hydrogen) atoms. The molecule has 3 rings (SSSR count). The number of hydrogen-bond donors (Lipinski definition) is 1. The molecule has 0 radical (unpaired) electrons. The van der Waals surface area contributed by atoms with Crippen LogP contribution in [0.4, 0.5) is 0 Å². The molecule has 0 aliphatic carbocycles. The summed E-state index contributed by atoms with van der Waals surface area (Å²) < 4.78 is 7.34. The molecule has 0 saturated carbocycles. The summed E-state index contributed by atoms with van der Waals surface area (Å²) in [4.78, 5) is 10.8. The Morgan fingerprint density at radius 1 is 1.38 bits per heavy atom. The van der Waals surface area contributed by atoms with E-state index >= 15 is 0 Å². The first-order valence-corrected chi connectivity index (χ1v) is 6.84. The highest BCUT2D eigenvalue weighted by Crippen LogP contribution is 2.23. The number of para-hydroxylation sites is 1. The van der Waals surface area contributed by atoms with Crippen LogP contribution < -0.4 is 0 Å². The lowest BCUT2D eigenvalue weighted by molar-refractivity contribution is -0.136. The van der Waals surface area contributed by atoms with Gasteiger partial charge in [-0.25, -0.2) is 0 Å². The molecular weight excluding hydrogens is 268 g/mol. The quantitative estimate of drug-likeness (QED) is 0.782. The van der Waals surface area contributed by atoms with E-state index in [-0.39, 0.29) is 6.42 Å². The summed E-state index contributed by atoms with van der Waals surface area (Å²) in [5.74, 6) is 0.00993. The first kappa shape index (κ1) is 13.4. The van der Waals surface area contributed by atoms with E-state index in [2.05, 4.69) is 9.72 Å². The van der Waals surface area contributed by atoms with Gasteiger partial charge in [0.15, 0.2) is 5.76 Å². The van der Waals surface area contributed by atoms with Gasteiger partial charge in [0.2, 0.25) is 0 Å². The lowest BCUT2D eigenvalue weighted by Gasteiger charge is -2.01. The Balaban J connectivity index is 1.96. The van der Waals surface area contributed by atoms with Gasteiger partial charge in [-0.05, 0) is 25.0 Å². The zero-order valence-electron chi connectivity index (χ0n) is 11.7. The summed E-state index contributed by atoms with van der Waals surface area (Å²) in [7, 11) is 0. The molecular formula is C16H16N2O3. The third-order valence-corrected chi connectivity index (χ3v) is 3.48. The Morgan fingerprint density at radius 2 is 2.19 bits per heavy atom. The average molecular weight is 284 g/mol. The molecule has 1 N–H and O–H groups in total. The van der Waals surface area contributed by atoms with Crippen molar-refractivity contribution >= 4 is 16.9 Å². The molecule has 0 saturated heterocycles. The number of aromatic nitrogens is 2. The lowest BCUT2D eigenvalue weighted by Crippen LogP contribution is -1.98. The van der Waals surface area contributed by atoms with Gasteiger partial charge in [0.25, 0.3) is 0 Å². The minimum atomic E-state index is -0.780. The molecule has 108 valence electrons. The normalized spacial score (nSPS) is 11.1. The Bertz CT molecular complexity index is 786. The van der Waals surface area contributed by atoms with E-state index in [1.807, 2.05) is 43.5 Å². The predicted molar refractivity (Wildman–Crippen MR) is 78.2 cm³/mol. The van der Waals surface area contributed by atoms with Crippen LogP contribution in [-0.4, -0.2) is 20.8 Å². The average Bonchev–Trinajstić information content (AvgIpc) is 3.02. The molecule has 0 amide bonds. The maximum Gasteiger partial charge on any atom is 0.303 e. The fraction of sp³-hybridized carbons (Fsp3) is 0.250. The van der Waals surface area contributed by atoms with Gasteiger partial charge in [-0.2, -0.15) is 0 Å². The van der Waals surface area contributed by atoms with Gasteiger partial charge >= 0.3 is 5.97 Å². The molecule has 5 heteroatoms. The number of carboxylic acids is 1. The minimum Gasteiger partial charge on any atom is -0.481 e. The minimum absolute atomic E-state index is 0.134. The monoisotopic (exact) mass is 284 g/mol. The molecule has 3 aromatic rings. The smallest absolute Gasteiger partial charge is 0.303 e. The molecule has 2 heterocycles. The summed E-state index contributed by atoms with van der Waals surface area (Å²) in [5, 5.41) is 13.8. The van der Waals surface area contributed by atoms with Crippen molar-refractivity contribution in [1.82, 2.24) is 9.72 Å².